The molecule has 0 saturated carbocycles. The van der Waals surface area contributed by atoms with Crippen molar-refractivity contribution in [3.63, 3.8) is 0 Å². The minimum atomic E-state index is -3.99. The normalized spacial score (nSPS) is 16.9. The molecule has 0 aliphatic carbocycles. The van der Waals surface area contributed by atoms with Gasteiger partial charge < -0.3 is 23.7 Å². The number of nitrogens with zero attached hydrogens (tertiary/aromatic N) is 3. The zero-order chi connectivity index (χ0) is 22.3. The smallest absolute Gasteiger partial charge is 0.236 e. The first-order valence-corrected chi connectivity index (χ1v) is 12.1. The lowest BCUT2D eigenvalue weighted by molar-refractivity contribution is 0.171. The third-order valence-electron chi connectivity index (χ3n) is 5.52. The van der Waals surface area contributed by atoms with Crippen LogP contribution in [0.1, 0.15) is 0 Å². The van der Waals surface area contributed by atoms with Crippen molar-refractivity contribution >= 4 is 27.3 Å². The summed E-state index contributed by atoms with van der Waals surface area (Å²) in [6, 6.07) is 11.6. The summed E-state index contributed by atoms with van der Waals surface area (Å²) >= 11 is 6.13. The number of halogens is 1. The number of ether oxygens (including phenoxy) is 2. The highest BCUT2D eigenvalue weighted by Gasteiger charge is 2.33. The highest BCUT2D eigenvalue weighted by molar-refractivity contribution is 7.91. The third-order valence-corrected chi connectivity index (χ3v) is 7.40. The number of likely N-dealkylation sites (N-methyl/N-ethyl adjacent to an activating group) is 1. The van der Waals surface area contributed by atoms with Gasteiger partial charge in [-0.1, -0.05) is 17.7 Å². The van der Waals surface area contributed by atoms with Crippen molar-refractivity contribution in [3.05, 3.63) is 47.5 Å². The molecule has 2 aromatic carbocycles. The van der Waals surface area contributed by atoms with Gasteiger partial charge in [-0.2, -0.15) is 4.98 Å². The van der Waals surface area contributed by atoms with Gasteiger partial charge in [-0.3, -0.25) is 0 Å². The second-order valence-corrected chi connectivity index (χ2v) is 10.0. The van der Waals surface area contributed by atoms with E-state index in [-0.39, 0.29) is 21.7 Å². The summed E-state index contributed by atoms with van der Waals surface area (Å²) in [5.41, 5.74) is 0.608. The van der Waals surface area contributed by atoms with Gasteiger partial charge in [0.15, 0.2) is 11.5 Å². The summed E-state index contributed by atoms with van der Waals surface area (Å²) in [5, 5.41) is 0.395. The molecule has 8 nitrogen and oxygen atoms in total. The number of hydrogen-bond acceptors (Lipinski definition) is 8. The van der Waals surface area contributed by atoms with Crippen LogP contribution in [0, 0.1) is 0 Å². The molecule has 32 heavy (non-hydrogen) atoms. The van der Waals surface area contributed by atoms with Crippen molar-refractivity contribution in [1.82, 2.24) is 9.88 Å². The Labute approximate surface area is 191 Å². The highest BCUT2D eigenvalue weighted by atomic mass is 35.5. The molecule has 0 bridgehead atoms. The molecule has 0 atom stereocenters. The quantitative estimate of drug-likeness (QED) is 0.568. The molecule has 168 valence electrons. The maximum absolute atomic E-state index is 13.7. The molecule has 3 aromatic rings. The van der Waals surface area contributed by atoms with E-state index in [1.54, 1.807) is 30.3 Å². The van der Waals surface area contributed by atoms with Gasteiger partial charge in [-0.15, -0.1) is 0 Å². The summed E-state index contributed by atoms with van der Waals surface area (Å²) in [6.45, 7) is 3.63. The van der Waals surface area contributed by atoms with Crippen molar-refractivity contribution in [3.8, 4) is 23.0 Å². The van der Waals surface area contributed by atoms with E-state index in [9.17, 15) is 8.42 Å². The summed E-state index contributed by atoms with van der Waals surface area (Å²) in [6.07, 6.45) is 0. The number of sulfone groups is 1. The largest absolute Gasteiger partial charge is 0.486 e. The van der Waals surface area contributed by atoms with E-state index >= 15 is 0 Å². The Morgan fingerprint density at radius 1 is 0.969 bits per heavy atom. The summed E-state index contributed by atoms with van der Waals surface area (Å²) in [7, 11) is -1.96. The van der Waals surface area contributed by atoms with Crippen LogP contribution in [0.5, 0.6) is 11.5 Å². The minimum Gasteiger partial charge on any atom is -0.486 e. The third kappa shape index (κ3) is 3.92. The van der Waals surface area contributed by atoms with Crippen LogP contribution in [0.3, 0.4) is 0 Å². The number of aromatic nitrogens is 1. The summed E-state index contributed by atoms with van der Waals surface area (Å²) in [4.78, 5) is 8.61. The molecule has 10 heteroatoms. The highest BCUT2D eigenvalue weighted by Crippen LogP contribution is 2.38. The van der Waals surface area contributed by atoms with Crippen molar-refractivity contribution in [2.45, 2.75) is 9.92 Å². The fourth-order valence-corrected chi connectivity index (χ4v) is 5.26. The van der Waals surface area contributed by atoms with Gasteiger partial charge in [0.1, 0.15) is 13.2 Å². The number of piperazine rings is 1. The lowest BCUT2D eigenvalue weighted by Gasteiger charge is -2.32. The van der Waals surface area contributed by atoms with Gasteiger partial charge in [0, 0.05) is 42.8 Å². The van der Waals surface area contributed by atoms with Crippen LogP contribution in [0.4, 0.5) is 5.88 Å². The first kappa shape index (κ1) is 21.1. The number of fused-ring (bicyclic) bond motifs is 1. The van der Waals surface area contributed by atoms with Crippen molar-refractivity contribution in [2.75, 3.05) is 51.3 Å². The van der Waals surface area contributed by atoms with E-state index in [1.165, 1.54) is 12.1 Å². The van der Waals surface area contributed by atoms with Gasteiger partial charge in [-0.25, -0.2) is 8.42 Å². The molecule has 0 N–H and O–H groups in total. The minimum absolute atomic E-state index is 0.0723. The van der Waals surface area contributed by atoms with Crippen LogP contribution in [-0.4, -0.2) is 64.7 Å². The number of benzene rings is 2. The molecule has 3 heterocycles. The van der Waals surface area contributed by atoms with E-state index < -0.39 is 9.84 Å². The standard InChI is InChI=1S/C22H22ClN3O5S/c1-25-7-9-26(10-8-25)22-21(24-20(31-22)15-3-2-4-16(23)13-15)32(27,28)17-5-6-18-19(14-17)30-12-11-29-18/h2-6,13-14H,7-12H2,1H3. The van der Waals surface area contributed by atoms with E-state index in [4.69, 9.17) is 25.5 Å². The van der Waals surface area contributed by atoms with Crippen LogP contribution >= 0.6 is 11.6 Å². The fourth-order valence-electron chi connectivity index (χ4n) is 3.73. The lowest BCUT2D eigenvalue weighted by atomic mass is 10.2. The zero-order valence-electron chi connectivity index (χ0n) is 17.5. The Morgan fingerprint density at radius 3 is 2.47 bits per heavy atom. The second-order valence-electron chi connectivity index (χ2n) is 7.74. The Kier molecular flexibility index (Phi) is 5.48. The molecule has 0 unspecified atom stereocenters. The van der Waals surface area contributed by atoms with Crippen LogP contribution in [0.15, 0.2) is 56.8 Å². The molecule has 2 aliphatic heterocycles. The molecule has 0 spiro atoms. The Hall–Kier alpha value is -2.75. The average Bonchev–Trinajstić information content (AvgIpc) is 3.26. The number of hydrogen-bond donors (Lipinski definition) is 0. The molecule has 5 rings (SSSR count). The molecule has 0 radical (unpaired) electrons. The van der Waals surface area contributed by atoms with Crippen molar-refractivity contribution < 1.29 is 22.3 Å². The molecule has 1 fully saturated rings. The first-order valence-electron chi connectivity index (χ1n) is 10.3. The molecule has 0 amide bonds. The number of anilines is 1. The lowest BCUT2D eigenvalue weighted by Crippen LogP contribution is -2.44. The van der Waals surface area contributed by atoms with E-state index in [0.717, 1.165) is 13.1 Å². The molecule has 2 aliphatic rings. The van der Waals surface area contributed by atoms with Crippen LogP contribution in [0.2, 0.25) is 5.02 Å². The molecule has 1 aromatic heterocycles. The summed E-state index contributed by atoms with van der Waals surface area (Å²) < 4.78 is 44.5. The van der Waals surface area contributed by atoms with Crippen molar-refractivity contribution in [2.24, 2.45) is 0 Å². The maximum atomic E-state index is 13.7. The first-order chi connectivity index (χ1) is 15.4. The van der Waals surface area contributed by atoms with Gasteiger partial charge >= 0.3 is 0 Å². The zero-order valence-corrected chi connectivity index (χ0v) is 19.0. The Bertz CT molecular complexity index is 1250. The van der Waals surface area contributed by atoms with Gasteiger partial charge in [-0.05, 0) is 37.4 Å². The Balaban J connectivity index is 1.61. The van der Waals surface area contributed by atoms with E-state index in [0.29, 0.717) is 48.4 Å². The van der Waals surface area contributed by atoms with Gasteiger partial charge in [0.05, 0.1) is 4.90 Å². The van der Waals surface area contributed by atoms with Gasteiger partial charge in [0.25, 0.3) is 0 Å². The van der Waals surface area contributed by atoms with E-state index in [2.05, 4.69) is 9.88 Å². The predicted molar refractivity (Wildman–Crippen MR) is 120 cm³/mol. The molecular formula is C22H22ClN3O5S. The maximum Gasteiger partial charge on any atom is 0.236 e. The molecule has 1 saturated heterocycles. The van der Waals surface area contributed by atoms with E-state index in [1.807, 2.05) is 11.9 Å². The number of rotatable bonds is 4. The monoisotopic (exact) mass is 475 g/mol. The van der Waals surface area contributed by atoms with Crippen LogP contribution in [-0.2, 0) is 9.84 Å². The second kappa shape index (κ2) is 8.31. The number of oxazole rings is 1. The fraction of sp³-hybridized carbons (Fsp3) is 0.318. The molecular weight excluding hydrogens is 454 g/mol. The van der Waals surface area contributed by atoms with Crippen LogP contribution in [0.25, 0.3) is 11.5 Å². The SMILES string of the molecule is CN1CCN(c2oc(-c3cccc(Cl)c3)nc2S(=O)(=O)c2ccc3c(c2)OCCO3)CC1. The Morgan fingerprint density at radius 2 is 1.72 bits per heavy atom. The van der Waals surface area contributed by atoms with Crippen molar-refractivity contribution in [1.29, 1.82) is 0 Å². The summed E-state index contributed by atoms with van der Waals surface area (Å²) in [5.74, 6) is 1.37. The predicted octanol–water partition coefficient (Wildman–Crippen LogP) is 3.35. The van der Waals surface area contributed by atoms with Gasteiger partial charge in [0.2, 0.25) is 26.6 Å². The van der Waals surface area contributed by atoms with Crippen LogP contribution < -0.4 is 14.4 Å². The average molecular weight is 476 g/mol. The topological polar surface area (TPSA) is 85.1 Å².